The Bertz CT molecular complexity index is 1860. The Morgan fingerprint density at radius 1 is 1.00 bits per heavy atom. The van der Waals surface area contributed by atoms with Gasteiger partial charge in [0.1, 0.15) is 17.1 Å². The van der Waals surface area contributed by atoms with Crippen LogP contribution in [-0.4, -0.2) is 45.3 Å². The van der Waals surface area contributed by atoms with Crippen molar-refractivity contribution in [3.8, 4) is 6.07 Å². The first-order valence-corrected chi connectivity index (χ1v) is 16.5. The minimum atomic E-state index is -0.993. The smallest absolute Gasteiger partial charge is 0.257 e. The second kappa shape index (κ2) is 14.0. The number of pyridine rings is 1. The highest BCUT2D eigenvalue weighted by atomic mass is 32.2. The average Bonchev–Trinajstić information content (AvgIpc) is 3.39. The first kappa shape index (κ1) is 31.7. The highest BCUT2D eigenvalue weighted by Crippen LogP contribution is 2.35. The molecule has 2 atom stereocenters. The van der Waals surface area contributed by atoms with Crippen LogP contribution >= 0.6 is 11.8 Å². The van der Waals surface area contributed by atoms with Gasteiger partial charge in [-0.3, -0.25) is 19.2 Å². The number of carbonyl (C=O) groups excluding carboxylic acids is 4. The van der Waals surface area contributed by atoms with Crippen LogP contribution in [0.5, 0.6) is 0 Å². The summed E-state index contributed by atoms with van der Waals surface area (Å²) in [5.74, 6) is -1.16. The van der Waals surface area contributed by atoms with Crippen molar-refractivity contribution in [3.63, 3.8) is 0 Å². The lowest BCUT2D eigenvalue weighted by molar-refractivity contribution is -0.136. The molecule has 1 aromatic heterocycles. The number of thioether (sulfide) groups is 1. The number of nitrogens with zero attached hydrogens (tertiary/aromatic N) is 4. The molecule has 1 aliphatic heterocycles. The van der Waals surface area contributed by atoms with Gasteiger partial charge in [-0.2, -0.15) is 5.26 Å². The quantitative estimate of drug-likeness (QED) is 0.185. The summed E-state index contributed by atoms with van der Waals surface area (Å²) in [6.45, 7) is 1.54. The van der Waals surface area contributed by atoms with Crippen molar-refractivity contribution in [1.82, 2.24) is 9.88 Å². The number of carbonyl (C=O) groups is 4. The van der Waals surface area contributed by atoms with Crippen molar-refractivity contribution in [3.05, 3.63) is 119 Å². The SMILES string of the molecule is CC(=O)Nc1ccc(N2C(=O)CC(N(Cc3ccccc3)C(=O)CSc3nc4c(cc3C#N)CC(c3ccccc3)CC4)C2=O)cc1. The molecule has 0 bridgehead atoms. The number of benzene rings is 3. The molecule has 0 saturated carbocycles. The van der Waals surface area contributed by atoms with Crippen molar-refractivity contribution >= 4 is 46.8 Å². The molecule has 1 saturated heterocycles. The molecule has 1 aliphatic carbocycles. The second-order valence-corrected chi connectivity index (χ2v) is 12.7. The number of rotatable bonds is 9. The Balaban J connectivity index is 1.20. The Morgan fingerprint density at radius 2 is 1.70 bits per heavy atom. The van der Waals surface area contributed by atoms with Gasteiger partial charge in [0, 0.05) is 24.8 Å². The van der Waals surface area contributed by atoms with Crippen LogP contribution in [0.25, 0.3) is 0 Å². The van der Waals surface area contributed by atoms with Gasteiger partial charge in [-0.25, -0.2) is 9.88 Å². The van der Waals surface area contributed by atoms with E-state index < -0.39 is 17.9 Å². The van der Waals surface area contributed by atoms with Gasteiger partial charge in [-0.05, 0) is 72.2 Å². The summed E-state index contributed by atoms with van der Waals surface area (Å²) in [4.78, 5) is 59.7. The Morgan fingerprint density at radius 3 is 2.38 bits per heavy atom. The number of fused-ring (bicyclic) bond motifs is 1. The van der Waals surface area contributed by atoms with Gasteiger partial charge in [-0.1, -0.05) is 72.4 Å². The summed E-state index contributed by atoms with van der Waals surface area (Å²) in [7, 11) is 0. The molecular formula is C37H33N5O4S. The monoisotopic (exact) mass is 643 g/mol. The van der Waals surface area contributed by atoms with E-state index in [1.807, 2.05) is 54.6 Å². The summed E-state index contributed by atoms with van der Waals surface area (Å²) in [6, 6.07) is 29.3. The van der Waals surface area contributed by atoms with Crippen LogP contribution in [0.2, 0.25) is 0 Å². The molecule has 236 valence electrons. The zero-order valence-corrected chi connectivity index (χ0v) is 26.7. The van der Waals surface area contributed by atoms with Gasteiger partial charge < -0.3 is 10.2 Å². The fourth-order valence-electron chi connectivity index (χ4n) is 6.24. The van der Waals surface area contributed by atoms with Crippen LogP contribution in [-0.2, 0) is 38.6 Å². The lowest BCUT2D eigenvalue weighted by Crippen LogP contribution is -2.45. The fourth-order valence-corrected chi connectivity index (χ4v) is 7.10. The third-order valence-corrected chi connectivity index (χ3v) is 9.51. The predicted octanol–water partition coefficient (Wildman–Crippen LogP) is 5.64. The summed E-state index contributed by atoms with van der Waals surface area (Å²) in [5, 5.41) is 13.2. The summed E-state index contributed by atoms with van der Waals surface area (Å²) >= 11 is 1.18. The standard InChI is InChI=1S/C37H33N5O4S/c1-24(43)39-30-13-15-31(16-14-30)42-34(44)20-33(37(42)46)41(22-25-8-4-2-5-9-25)35(45)23-47-36-29(21-38)19-28-18-27(12-17-32(28)40-36)26-10-6-3-7-11-26/h2-11,13-16,19,27,33H,12,17-18,20,22-23H2,1H3,(H,39,43). The number of amides is 4. The zero-order chi connectivity index (χ0) is 32.9. The van der Waals surface area contributed by atoms with E-state index in [4.69, 9.17) is 4.98 Å². The molecule has 1 fully saturated rings. The number of aromatic nitrogens is 1. The van der Waals surface area contributed by atoms with Gasteiger partial charge in [0.15, 0.2) is 0 Å². The van der Waals surface area contributed by atoms with Crippen LogP contribution in [0.4, 0.5) is 11.4 Å². The summed E-state index contributed by atoms with van der Waals surface area (Å²) in [5.41, 5.74) is 5.43. The van der Waals surface area contributed by atoms with Crippen molar-refractivity contribution < 1.29 is 19.2 Å². The highest BCUT2D eigenvalue weighted by Gasteiger charge is 2.44. The van der Waals surface area contributed by atoms with Crippen molar-refractivity contribution in [1.29, 1.82) is 5.26 Å². The number of anilines is 2. The van der Waals surface area contributed by atoms with Gasteiger partial charge >= 0.3 is 0 Å². The van der Waals surface area contributed by atoms with E-state index in [2.05, 4.69) is 23.5 Å². The average molecular weight is 644 g/mol. The van der Waals surface area contributed by atoms with Crippen molar-refractivity contribution in [2.45, 2.75) is 56.1 Å². The predicted molar refractivity (Wildman–Crippen MR) is 180 cm³/mol. The lowest BCUT2D eigenvalue weighted by atomic mass is 9.82. The minimum absolute atomic E-state index is 0.0523. The number of hydrogen-bond donors (Lipinski definition) is 1. The molecule has 4 amide bonds. The van der Waals surface area contributed by atoms with E-state index in [1.54, 1.807) is 24.3 Å². The molecule has 2 unspecified atom stereocenters. The molecule has 0 radical (unpaired) electrons. The molecule has 2 heterocycles. The molecule has 9 nitrogen and oxygen atoms in total. The minimum Gasteiger partial charge on any atom is -0.326 e. The van der Waals surface area contributed by atoms with Crippen LogP contribution < -0.4 is 10.2 Å². The molecule has 2 aliphatic rings. The maximum absolute atomic E-state index is 13.9. The molecule has 0 spiro atoms. The van der Waals surface area contributed by atoms with E-state index >= 15 is 0 Å². The first-order valence-electron chi connectivity index (χ1n) is 15.5. The number of aryl methyl sites for hydroxylation is 1. The molecule has 47 heavy (non-hydrogen) atoms. The number of nitriles is 1. The zero-order valence-electron chi connectivity index (χ0n) is 25.9. The second-order valence-electron chi connectivity index (χ2n) is 11.7. The van der Waals surface area contributed by atoms with E-state index in [9.17, 15) is 24.4 Å². The number of hydrogen-bond acceptors (Lipinski definition) is 7. The highest BCUT2D eigenvalue weighted by molar-refractivity contribution is 8.00. The normalized spacial score (nSPS) is 17.1. The van der Waals surface area contributed by atoms with Crippen molar-refractivity contribution in [2.24, 2.45) is 0 Å². The van der Waals surface area contributed by atoms with Gasteiger partial charge in [0.2, 0.25) is 17.7 Å². The topological polar surface area (TPSA) is 123 Å². The van der Waals surface area contributed by atoms with E-state index in [-0.39, 0.29) is 30.5 Å². The third-order valence-electron chi connectivity index (χ3n) is 8.54. The fraction of sp³-hybridized carbons (Fsp3) is 0.243. The third kappa shape index (κ3) is 7.11. The van der Waals surface area contributed by atoms with E-state index in [0.717, 1.165) is 41.0 Å². The maximum atomic E-state index is 13.9. The maximum Gasteiger partial charge on any atom is 0.257 e. The van der Waals surface area contributed by atoms with Crippen LogP contribution in [0.15, 0.2) is 96.0 Å². The number of nitrogens with one attached hydrogen (secondary N) is 1. The Hall–Kier alpha value is -5.27. The van der Waals surface area contributed by atoms with Crippen LogP contribution in [0.1, 0.15) is 53.6 Å². The molecule has 4 aromatic rings. The number of imide groups is 1. The van der Waals surface area contributed by atoms with Gasteiger partial charge in [-0.15, -0.1) is 0 Å². The largest absolute Gasteiger partial charge is 0.326 e. The molecule has 10 heteroatoms. The summed E-state index contributed by atoms with van der Waals surface area (Å²) < 4.78 is 0. The van der Waals surface area contributed by atoms with Crippen molar-refractivity contribution in [2.75, 3.05) is 16.0 Å². The first-order chi connectivity index (χ1) is 22.8. The molecular weight excluding hydrogens is 611 g/mol. The van der Waals surface area contributed by atoms with Gasteiger partial charge in [0.25, 0.3) is 5.91 Å². The van der Waals surface area contributed by atoms with E-state index in [0.29, 0.717) is 27.9 Å². The van der Waals surface area contributed by atoms with Crippen LogP contribution in [0, 0.1) is 11.3 Å². The Labute approximate surface area is 277 Å². The molecule has 3 aromatic carbocycles. The lowest BCUT2D eigenvalue weighted by Gasteiger charge is -2.28. The molecule has 6 rings (SSSR count). The van der Waals surface area contributed by atoms with Gasteiger partial charge in [0.05, 0.1) is 23.4 Å². The van der Waals surface area contributed by atoms with Crippen LogP contribution in [0.3, 0.4) is 0 Å². The molecule has 1 N–H and O–H groups in total. The summed E-state index contributed by atoms with van der Waals surface area (Å²) in [6.07, 6.45) is 2.38. The van der Waals surface area contributed by atoms with E-state index in [1.165, 1.54) is 29.1 Å². The Kier molecular flexibility index (Phi) is 9.45.